The lowest BCUT2D eigenvalue weighted by atomic mass is 9.85. The van der Waals surface area contributed by atoms with Gasteiger partial charge in [0.25, 0.3) is 0 Å². The summed E-state index contributed by atoms with van der Waals surface area (Å²) in [6, 6.07) is 57.6. The summed E-state index contributed by atoms with van der Waals surface area (Å²) in [7, 11) is 0. The minimum Gasteiger partial charge on any atom is -0.464 e. The Kier molecular flexibility index (Phi) is 38.2. The number of nitrogens with one attached hydrogen (secondary N) is 2. The molecular weight excluding hydrogens is 1470 g/mol. The van der Waals surface area contributed by atoms with E-state index in [2.05, 4.69) is 62.4 Å². The van der Waals surface area contributed by atoms with Crippen molar-refractivity contribution in [1.29, 1.82) is 11.1 Å². The number of aliphatic hydroxyl groups is 4. The molecule has 26 heteroatoms. The fraction of sp³-hybridized carbons (Fsp3) is 0.452. The molecule has 0 aromatic heterocycles. The van der Waals surface area contributed by atoms with Crippen LogP contribution in [0, 0.1) is 46.6 Å². The summed E-state index contributed by atoms with van der Waals surface area (Å²) < 4.78 is 112. The molecule has 6 N–H and O–H groups in total. The van der Waals surface area contributed by atoms with Crippen LogP contribution in [0.2, 0.25) is 0 Å². The average molecular weight is 1580 g/mol. The second-order valence-corrected chi connectivity index (χ2v) is 27.8. The zero-order valence-corrected chi connectivity index (χ0v) is 64.6. The highest BCUT2D eigenvalue weighted by molar-refractivity contribution is 6.40. The van der Waals surface area contributed by atoms with E-state index in [-0.39, 0.29) is 62.1 Å². The molecular formula is C84H104Cl2F4N2O18. The van der Waals surface area contributed by atoms with E-state index < -0.39 is 117 Å². The van der Waals surface area contributed by atoms with Gasteiger partial charge in [0.1, 0.15) is 86.5 Å². The summed E-state index contributed by atoms with van der Waals surface area (Å²) in [4.78, 5) is 47.1. The number of hydrogen-bond donors (Lipinski definition) is 6. The number of carbonyl (C=O) groups excluding carboxylic acids is 4. The monoisotopic (exact) mass is 1570 g/mol. The van der Waals surface area contributed by atoms with E-state index in [0.717, 1.165) is 36.0 Å². The molecule has 0 amide bonds. The van der Waals surface area contributed by atoms with Gasteiger partial charge in [-0.05, 0) is 113 Å². The molecule has 0 saturated carbocycles. The Morgan fingerprint density at radius 1 is 0.418 bits per heavy atom. The van der Waals surface area contributed by atoms with Crippen LogP contribution in [0.1, 0.15) is 128 Å². The highest BCUT2D eigenvalue weighted by Gasteiger charge is 2.48. The molecule has 0 radical (unpaired) electrons. The number of ether oxygens (including phenoxy) is 10. The Balaban J connectivity index is 0.000000264. The van der Waals surface area contributed by atoms with Crippen LogP contribution in [0.3, 0.4) is 0 Å². The van der Waals surface area contributed by atoms with E-state index >= 15 is 4.39 Å². The van der Waals surface area contributed by atoms with Crippen molar-refractivity contribution in [2.75, 3.05) is 31.8 Å². The Labute approximate surface area is 652 Å². The number of aliphatic hydroxyl groups excluding tert-OH is 4. The number of para-hydroxylation sites is 2. The lowest BCUT2D eigenvalue weighted by Crippen LogP contribution is -2.58. The van der Waals surface area contributed by atoms with Crippen molar-refractivity contribution >= 4 is 47.1 Å². The van der Waals surface area contributed by atoms with Gasteiger partial charge in [-0.15, -0.1) is 23.2 Å². The predicted octanol–water partition coefficient (Wildman–Crippen LogP) is 15.6. The van der Waals surface area contributed by atoms with Crippen molar-refractivity contribution in [3.63, 3.8) is 0 Å². The van der Waals surface area contributed by atoms with Crippen LogP contribution in [-0.2, 0) is 68.4 Å². The van der Waals surface area contributed by atoms with Gasteiger partial charge in [-0.3, -0.25) is 4.79 Å². The quantitative estimate of drug-likeness (QED) is 0.0128. The maximum Gasteiger partial charge on any atom is 0.338 e. The topological polar surface area (TPSA) is 289 Å². The fourth-order valence-electron chi connectivity index (χ4n) is 12.2. The van der Waals surface area contributed by atoms with E-state index in [1.807, 2.05) is 56.3 Å². The largest absolute Gasteiger partial charge is 0.464 e. The number of hydrogen-bond acceptors (Lipinski definition) is 20. The van der Waals surface area contributed by atoms with Crippen LogP contribution < -0.4 is 9.47 Å². The summed E-state index contributed by atoms with van der Waals surface area (Å²) in [5, 5.41) is 39.1. The second kappa shape index (κ2) is 46.4. The minimum absolute atomic E-state index is 0. The van der Waals surface area contributed by atoms with Crippen molar-refractivity contribution < 1.29 is 106 Å². The lowest BCUT2D eigenvalue weighted by molar-refractivity contribution is -0.265. The van der Waals surface area contributed by atoms with Crippen LogP contribution in [0.4, 0.5) is 17.6 Å². The Bertz CT molecular complexity index is 3860. The van der Waals surface area contributed by atoms with Crippen LogP contribution >= 0.6 is 23.2 Å². The summed E-state index contributed by atoms with van der Waals surface area (Å²) >= 11 is 9.53. The molecule has 4 saturated heterocycles. The Morgan fingerprint density at radius 3 is 1.11 bits per heavy atom. The van der Waals surface area contributed by atoms with Crippen LogP contribution in [0.15, 0.2) is 188 Å². The summed E-state index contributed by atoms with van der Waals surface area (Å²) in [5.41, 5.74) is 18.0. The Morgan fingerprint density at radius 2 is 0.736 bits per heavy atom. The number of esters is 4. The predicted molar refractivity (Wildman–Crippen MR) is 408 cm³/mol. The molecule has 11 rings (SSSR count). The zero-order chi connectivity index (χ0) is 80.6. The van der Waals surface area contributed by atoms with E-state index in [1.165, 1.54) is 23.6 Å². The molecule has 20 nitrogen and oxygen atoms in total. The molecule has 4 fully saturated rings. The molecule has 7 aromatic carbocycles. The second-order valence-electron chi connectivity index (χ2n) is 27.0. The van der Waals surface area contributed by atoms with Crippen LogP contribution in [0.25, 0.3) is 0 Å². The van der Waals surface area contributed by atoms with Crippen molar-refractivity contribution in [1.82, 2.24) is 0 Å². The number of carbonyl (C=O) groups is 4. The molecule has 7 aromatic rings. The van der Waals surface area contributed by atoms with Gasteiger partial charge in [-0.25, -0.2) is 43.0 Å². The molecule has 20 unspecified atom stereocenters. The van der Waals surface area contributed by atoms with Gasteiger partial charge in [0, 0.05) is 38.9 Å². The third-order valence-electron chi connectivity index (χ3n) is 19.6. The normalized spacial score (nSPS) is 27.3. The van der Waals surface area contributed by atoms with E-state index in [0.29, 0.717) is 34.6 Å². The summed E-state index contributed by atoms with van der Waals surface area (Å²) in [5.74, 6) is -2.66. The van der Waals surface area contributed by atoms with E-state index in [9.17, 15) is 52.8 Å². The molecule has 4 aliphatic rings. The highest BCUT2D eigenvalue weighted by atomic mass is 35.5. The molecule has 20 atom stereocenters. The zero-order valence-electron chi connectivity index (χ0n) is 63.1. The van der Waals surface area contributed by atoms with Crippen molar-refractivity contribution in [3.05, 3.63) is 238 Å². The van der Waals surface area contributed by atoms with Gasteiger partial charge in [-0.2, -0.15) is 0 Å². The van der Waals surface area contributed by atoms with Gasteiger partial charge in [-0.1, -0.05) is 195 Å². The smallest absolute Gasteiger partial charge is 0.338 e. The van der Waals surface area contributed by atoms with Gasteiger partial charge in [0.15, 0.2) is 12.5 Å². The third-order valence-corrected chi connectivity index (χ3v) is 19.6. The summed E-state index contributed by atoms with van der Waals surface area (Å²) in [6.07, 6.45) is -13.5. The lowest BCUT2D eigenvalue weighted by Gasteiger charge is -2.41. The fourth-order valence-corrected chi connectivity index (χ4v) is 12.2. The van der Waals surface area contributed by atoms with E-state index in [4.69, 9.17) is 81.6 Å². The SMILES string of the molecule is CC(=O)OC1OC(COC(=O)c2ccccc2)C(F)C(C)C1C.CC1C(O)OC(COC(=O)c2ccccc2)C(F)C1C.CCc1ccc(Cc2ccccc2OC2OC(CO)C(F)C(O)C2O)cc1.CCc1ccc(Cc2ccccc2OC2OC(COC(=O)c3ccccc3)C(F)C(C)C2C)cc1.ClCCl.N=N.[HH]. The molecule has 0 aliphatic carbocycles. The van der Waals surface area contributed by atoms with Gasteiger partial charge in [0.2, 0.25) is 18.9 Å². The molecule has 600 valence electrons. The standard InChI is InChI=1S/C30H33FO4.C21H25FO5.C17H21FO5.C15H19FO4.CH2Cl2.H2N2.H2/c1-4-22-14-16-23(17-15-22)18-25-12-8-9-13-26(25)34-30-21(3)20(2)28(31)27(35-30)19-33-29(32)24-10-6-5-7-11-24;1-2-13-7-9-14(10-8-13)11-15-5-3-4-6-16(15)26-21-20(25)19(24)18(22)17(12-23)27-21;1-10-11(2)17(22-12(3)19)23-14(15(10)18)9-21-16(20)13-7-5-4-6-8-13;1-9-10(2)14(17)20-12(13(9)16)8-19-15(18)11-6-4-3-5-7-11;2-1-3;1-2;/h5-17,20-21,27-28,30H,4,18-19H2,1-3H3;3-10,17-21,23-25H,2,11-12H2,1H3;4-8,10-11,14-15,17H,9H2,1-3H3;3-7,9-10,12-14,17H,8H2,1-2H3;1H2;1-2H;1H. The summed E-state index contributed by atoms with van der Waals surface area (Å²) in [6.45, 7) is 15.0. The number of benzene rings is 7. The van der Waals surface area contributed by atoms with Gasteiger partial charge in [0.05, 0.1) is 28.6 Å². The average Bonchev–Trinajstić information content (AvgIpc) is 0.813. The van der Waals surface area contributed by atoms with Crippen molar-refractivity contribution in [3.8, 4) is 11.5 Å². The number of rotatable bonds is 21. The number of alkyl halides is 6. The highest BCUT2D eigenvalue weighted by Crippen LogP contribution is 2.38. The van der Waals surface area contributed by atoms with Gasteiger partial charge < -0.3 is 67.8 Å². The third kappa shape index (κ3) is 26.7. The minimum atomic E-state index is -1.88. The van der Waals surface area contributed by atoms with Crippen LogP contribution in [-0.4, -0.2) is 163 Å². The van der Waals surface area contributed by atoms with Crippen LogP contribution in [0.5, 0.6) is 11.5 Å². The first-order chi connectivity index (χ1) is 52.8. The van der Waals surface area contributed by atoms with E-state index in [1.54, 1.807) is 125 Å². The Hall–Kier alpha value is -8.40. The molecule has 4 heterocycles. The molecule has 0 bridgehead atoms. The molecule has 110 heavy (non-hydrogen) atoms. The maximum atomic E-state index is 15.1. The number of aryl methyl sites for hydroxylation is 2. The maximum absolute atomic E-state index is 15.1. The molecule has 4 aliphatic heterocycles. The molecule has 0 spiro atoms. The first-order valence-electron chi connectivity index (χ1n) is 36.5. The van der Waals surface area contributed by atoms with Gasteiger partial charge >= 0.3 is 23.9 Å². The number of halogens is 6. The first kappa shape index (κ1) is 90.5. The van der Waals surface area contributed by atoms with Crippen molar-refractivity contribution in [2.24, 2.45) is 35.5 Å². The van der Waals surface area contributed by atoms with Crippen molar-refractivity contribution in [2.45, 2.75) is 174 Å². The first-order valence-corrected chi connectivity index (χ1v) is 37.6.